The van der Waals surface area contributed by atoms with Gasteiger partial charge in [0.15, 0.2) is 0 Å². The fourth-order valence-electron chi connectivity index (χ4n) is 3.01. The third kappa shape index (κ3) is 5.33. The van der Waals surface area contributed by atoms with Crippen LogP contribution in [0.2, 0.25) is 0 Å². The second-order valence-corrected chi connectivity index (χ2v) is 7.88. The molecule has 1 heterocycles. The minimum Gasteiger partial charge on any atom is -0.444 e. The molecule has 0 bridgehead atoms. The van der Waals surface area contributed by atoms with Crippen molar-refractivity contribution in [2.75, 3.05) is 6.54 Å². The van der Waals surface area contributed by atoms with Crippen LogP contribution >= 0.6 is 0 Å². The van der Waals surface area contributed by atoms with E-state index in [1.54, 1.807) is 6.20 Å². The van der Waals surface area contributed by atoms with Gasteiger partial charge in [-0.15, -0.1) is 0 Å². The second kappa shape index (κ2) is 8.44. The number of alkyl carbamates (subject to hydrolysis) is 1. The van der Waals surface area contributed by atoms with Crippen molar-refractivity contribution in [1.29, 1.82) is 0 Å². The number of rotatable bonds is 6. The van der Waals surface area contributed by atoms with E-state index in [2.05, 4.69) is 45.9 Å². The summed E-state index contributed by atoms with van der Waals surface area (Å²) in [7, 11) is 1.97. The highest BCUT2D eigenvalue weighted by Gasteiger charge is 2.19. The average Bonchev–Trinajstić information content (AvgIpc) is 3.05. The van der Waals surface area contributed by atoms with E-state index in [0.29, 0.717) is 13.1 Å². The Kier molecular flexibility index (Phi) is 5.99. The SMILES string of the molecule is Cn1ccnc1CNC(CNC(=O)OC(C)(C)C)c1ccc2ccccc2c1. The number of carbonyl (C=O) groups excluding carboxylic acids is 1. The van der Waals surface area contributed by atoms with Crippen LogP contribution in [0, 0.1) is 0 Å². The number of carbonyl (C=O) groups is 1. The molecule has 3 aromatic rings. The van der Waals surface area contributed by atoms with Gasteiger partial charge in [-0.1, -0.05) is 36.4 Å². The fraction of sp³-hybridized carbons (Fsp3) is 0.364. The van der Waals surface area contributed by atoms with E-state index in [1.807, 2.05) is 50.7 Å². The molecule has 2 N–H and O–H groups in total. The highest BCUT2D eigenvalue weighted by Crippen LogP contribution is 2.21. The molecule has 3 rings (SSSR count). The van der Waals surface area contributed by atoms with Gasteiger partial charge in [0, 0.05) is 26.0 Å². The molecule has 1 unspecified atom stereocenters. The summed E-state index contributed by atoms with van der Waals surface area (Å²) in [6.45, 7) is 6.57. The molecule has 6 heteroatoms. The molecule has 148 valence electrons. The number of amides is 1. The van der Waals surface area contributed by atoms with Gasteiger partial charge in [-0.25, -0.2) is 9.78 Å². The van der Waals surface area contributed by atoms with Gasteiger partial charge in [-0.05, 0) is 43.2 Å². The Labute approximate surface area is 165 Å². The Morgan fingerprint density at radius 3 is 2.61 bits per heavy atom. The van der Waals surface area contributed by atoms with Crippen molar-refractivity contribution in [3.05, 3.63) is 66.2 Å². The zero-order valence-electron chi connectivity index (χ0n) is 16.9. The molecule has 0 aliphatic rings. The minimum absolute atomic E-state index is 0.0752. The molecule has 0 spiro atoms. The lowest BCUT2D eigenvalue weighted by Gasteiger charge is -2.23. The van der Waals surface area contributed by atoms with Crippen molar-refractivity contribution in [3.63, 3.8) is 0 Å². The van der Waals surface area contributed by atoms with Crippen LogP contribution < -0.4 is 10.6 Å². The Morgan fingerprint density at radius 2 is 1.93 bits per heavy atom. The number of aromatic nitrogens is 2. The normalized spacial score (nSPS) is 12.7. The van der Waals surface area contributed by atoms with Crippen LogP contribution in [-0.2, 0) is 18.3 Å². The molecule has 1 atom stereocenters. The molecule has 0 aliphatic carbocycles. The maximum absolute atomic E-state index is 12.1. The predicted octanol–water partition coefficient (Wildman–Crippen LogP) is 3.93. The summed E-state index contributed by atoms with van der Waals surface area (Å²) < 4.78 is 7.35. The van der Waals surface area contributed by atoms with Crippen LogP contribution in [0.5, 0.6) is 0 Å². The molecular formula is C22H28N4O2. The largest absolute Gasteiger partial charge is 0.444 e. The van der Waals surface area contributed by atoms with Gasteiger partial charge >= 0.3 is 6.09 Å². The van der Waals surface area contributed by atoms with E-state index >= 15 is 0 Å². The third-order valence-electron chi connectivity index (χ3n) is 4.45. The summed E-state index contributed by atoms with van der Waals surface area (Å²) >= 11 is 0. The zero-order chi connectivity index (χ0) is 20.1. The number of hydrogen-bond acceptors (Lipinski definition) is 4. The number of aryl methyl sites for hydroxylation is 1. The van der Waals surface area contributed by atoms with Crippen LogP contribution in [0.4, 0.5) is 4.79 Å². The van der Waals surface area contributed by atoms with E-state index in [4.69, 9.17) is 4.74 Å². The average molecular weight is 380 g/mol. The highest BCUT2D eigenvalue weighted by molar-refractivity contribution is 5.83. The van der Waals surface area contributed by atoms with Crippen LogP contribution in [0.1, 0.15) is 38.2 Å². The quantitative estimate of drug-likeness (QED) is 0.680. The van der Waals surface area contributed by atoms with Crippen LogP contribution in [-0.4, -0.2) is 27.8 Å². The lowest BCUT2D eigenvalue weighted by molar-refractivity contribution is 0.0522. The molecule has 2 aromatic carbocycles. The molecule has 1 aromatic heterocycles. The van der Waals surface area contributed by atoms with Gasteiger partial charge in [0.1, 0.15) is 11.4 Å². The molecule has 0 saturated heterocycles. The number of hydrogen-bond donors (Lipinski definition) is 2. The third-order valence-corrected chi connectivity index (χ3v) is 4.45. The first kappa shape index (κ1) is 19.9. The molecular weight excluding hydrogens is 352 g/mol. The van der Waals surface area contributed by atoms with Crippen LogP contribution in [0.15, 0.2) is 54.9 Å². The first-order chi connectivity index (χ1) is 13.3. The lowest BCUT2D eigenvalue weighted by Crippen LogP contribution is -2.38. The number of nitrogens with zero attached hydrogens (tertiary/aromatic N) is 2. The van der Waals surface area contributed by atoms with E-state index in [1.165, 1.54) is 10.8 Å². The van der Waals surface area contributed by atoms with Gasteiger partial charge < -0.3 is 19.9 Å². The van der Waals surface area contributed by atoms with Gasteiger partial charge in [-0.3, -0.25) is 0 Å². The number of fused-ring (bicyclic) bond motifs is 1. The summed E-state index contributed by atoms with van der Waals surface area (Å²) in [5.41, 5.74) is 0.576. The van der Waals surface area contributed by atoms with E-state index in [-0.39, 0.29) is 6.04 Å². The van der Waals surface area contributed by atoms with Crippen molar-refractivity contribution in [1.82, 2.24) is 20.2 Å². The Bertz CT molecular complexity index is 943. The lowest BCUT2D eigenvalue weighted by atomic mass is 10.0. The van der Waals surface area contributed by atoms with Gasteiger partial charge in [0.25, 0.3) is 0 Å². The molecule has 1 amide bonds. The monoisotopic (exact) mass is 380 g/mol. The van der Waals surface area contributed by atoms with E-state index in [9.17, 15) is 4.79 Å². The predicted molar refractivity (Wildman–Crippen MR) is 111 cm³/mol. The van der Waals surface area contributed by atoms with Gasteiger partial charge in [0.2, 0.25) is 0 Å². The summed E-state index contributed by atoms with van der Waals surface area (Å²) in [6, 6.07) is 14.5. The summed E-state index contributed by atoms with van der Waals surface area (Å²) in [5, 5.41) is 8.74. The minimum atomic E-state index is -0.525. The molecule has 28 heavy (non-hydrogen) atoms. The molecule has 0 saturated carbocycles. The van der Waals surface area contributed by atoms with Crippen molar-refractivity contribution >= 4 is 16.9 Å². The zero-order valence-corrected chi connectivity index (χ0v) is 16.9. The summed E-state index contributed by atoms with van der Waals surface area (Å²) in [6.07, 6.45) is 3.28. The molecule has 0 fully saturated rings. The standard InChI is InChI=1S/C22H28N4O2/c1-22(2,3)28-21(27)25-14-19(24-15-20-23-11-12-26(20)4)18-10-9-16-7-5-6-8-17(16)13-18/h5-13,19,24H,14-15H2,1-4H3,(H,25,27). The van der Waals surface area contributed by atoms with Crippen LogP contribution in [0.3, 0.4) is 0 Å². The number of imidazole rings is 1. The first-order valence-electron chi connectivity index (χ1n) is 9.47. The van der Waals surface area contributed by atoms with Gasteiger partial charge in [-0.2, -0.15) is 0 Å². The Hall–Kier alpha value is -2.86. The number of benzene rings is 2. The van der Waals surface area contributed by atoms with Crippen molar-refractivity contribution < 1.29 is 9.53 Å². The molecule has 0 aliphatic heterocycles. The molecule has 0 radical (unpaired) electrons. The first-order valence-corrected chi connectivity index (χ1v) is 9.47. The fourth-order valence-corrected chi connectivity index (χ4v) is 3.01. The second-order valence-electron chi connectivity index (χ2n) is 7.88. The van der Waals surface area contributed by atoms with E-state index < -0.39 is 11.7 Å². The summed E-state index contributed by atoms with van der Waals surface area (Å²) in [4.78, 5) is 16.5. The van der Waals surface area contributed by atoms with Gasteiger partial charge in [0.05, 0.1) is 12.6 Å². The summed E-state index contributed by atoms with van der Waals surface area (Å²) in [5.74, 6) is 0.933. The maximum atomic E-state index is 12.1. The Balaban J connectivity index is 1.76. The van der Waals surface area contributed by atoms with Crippen molar-refractivity contribution in [2.45, 2.75) is 39.0 Å². The topological polar surface area (TPSA) is 68.2 Å². The molecule has 6 nitrogen and oxygen atoms in total. The van der Waals surface area contributed by atoms with E-state index in [0.717, 1.165) is 11.4 Å². The van der Waals surface area contributed by atoms with Crippen molar-refractivity contribution in [2.24, 2.45) is 7.05 Å². The number of nitrogens with one attached hydrogen (secondary N) is 2. The number of ether oxygens (including phenoxy) is 1. The van der Waals surface area contributed by atoms with Crippen LogP contribution in [0.25, 0.3) is 10.8 Å². The van der Waals surface area contributed by atoms with Crippen molar-refractivity contribution in [3.8, 4) is 0 Å². The Morgan fingerprint density at radius 1 is 1.18 bits per heavy atom. The maximum Gasteiger partial charge on any atom is 0.407 e. The smallest absolute Gasteiger partial charge is 0.407 e. The highest BCUT2D eigenvalue weighted by atomic mass is 16.6.